The monoisotopic (exact) mass is 270 g/mol. The van der Waals surface area contributed by atoms with Crippen molar-refractivity contribution in [1.29, 1.82) is 0 Å². The van der Waals surface area contributed by atoms with Gasteiger partial charge in [-0.05, 0) is 31.9 Å². The SMILES string of the molecule is CCN(CC)/C(=N/P(=S)(OC)OC)SC. The number of thioether (sulfide) groups is 1. The Kier molecular flexibility index (Phi) is 7.83. The zero-order chi connectivity index (χ0) is 11.9. The van der Waals surface area contributed by atoms with Gasteiger partial charge in [-0.15, -0.1) is 0 Å². The van der Waals surface area contributed by atoms with Crippen molar-refractivity contribution in [2.75, 3.05) is 33.6 Å². The van der Waals surface area contributed by atoms with Gasteiger partial charge in [0.2, 0.25) is 0 Å². The molecule has 0 N–H and O–H groups in total. The van der Waals surface area contributed by atoms with Gasteiger partial charge in [-0.1, -0.05) is 11.8 Å². The van der Waals surface area contributed by atoms with Gasteiger partial charge in [0.05, 0.1) is 0 Å². The first kappa shape index (κ1) is 15.4. The lowest BCUT2D eigenvalue weighted by atomic mass is 10.6. The van der Waals surface area contributed by atoms with Crippen LogP contribution in [0.3, 0.4) is 0 Å². The summed E-state index contributed by atoms with van der Waals surface area (Å²) in [6.07, 6.45) is 1.97. The molecule has 0 spiro atoms. The molecule has 0 saturated carbocycles. The topological polar surface area (TPSA) is 34.1 Å². The summed E-state index contributed by atoms with van der Waals surface area (Å²) < 4.78 is 14.7. The van der Waals surface area contributed by atoms with Crippen LogP contribution < -0.4 is 0 Å². The average Bonchev–Trinajstić information content (AvgIpc) is 2.29. The van der Waals surface area contributed by atoms with Gasteiger partial charge in [0.25, 0.3) is 0 Å². The van der Waals surface area contributed by atoms with Crippen LogP contribution >= 0.6 is 18.4 Å². The molecule has 0 fully saturated rings. The predicted octanol–water partition coefficient (Wildman–Crippen LogP) is 2.56. The molecule has 0 aliphatic heterocycles. The van der Waals surface area contributed by atoms with Gasteiger partial charge in [-0.3, -0.25) is 0 Å². The van der Waals surface area contributed by atoms with Gasteiger partial charge >= 0.3 is 6.64 Å². The Balaban J connectivity index is 4.93. The van der Waals surface area contributed by atoms with Crippen molar-refractivity contribution in [3.05, 3.63) is 0 Å². The zero-order valence-corrected chi connectivity index (χ0v) is 12.4. The third-order valence-corrected chi connectivity index (χ3v) is 5.23. The second-order valence-electron chi connectivity index (χ2n) is 2.59. The molecular weight excluding hydrogens is 251 g/mol. The molecule has 90 valence electrons. The van der Waals surface area contributed by atoms with Crippen LogP contribution in [0.2, 0.25) is 0 Å². The summed E-state index contributed by atoms with van der Waals surface area (Å²) in [5, 5.41) is 0.882. The molecule has 0 aromatic heterocycles. The van der Waals surface area contributed by atoms with E-state index in [-0.39, 0.29) is 0 Å². The van der Waals surface area contributed by atoms with Crippen molar-refractivity contribution in [1.82, 2.24) is 4.90 Å². The van der Waals surface area contributed by atoms with E-state index >= 15 is 0 Å². The van der Waals surface area contributed by atoms with Gasteiger partial charge < -0.3 is 13.9 Å². The third kappa shape index (κ3) is 4.83. The lowest BCUT2D eigenvalue weighted by molar-refractivity contribution is 0.337. The fourth-order valence-electron chi connectivity index (χ4n) is 0.988. The minimum absolute atomic E-state index is 0.882. The van der Waals surface area contributed by atoms with Gasteiger partial charge in [0, 0.05) is 27.3 Å². The second-order valence-corrected chi connectivity index (χ2v) is 6.62. The number of nitrogens with zero attached hydrogens (tertiary/aromatic N) is 2. The van der Waals surface area contributed by atoms with Crippen LogP contribution in [-0.2, 0) is 20.9 Å². The Hall–Kier alpha value is 0.390. The van der Waals surface area contributed by atoms with E-state index in [2.05, 4.69) is 23.5 Å². The third-order valence-electron chi connectivity index (χ3n) is 1.89. The highest BCUT2D eigenvalue weighted by Gasteiger charge is 2.17. The smallest absolute Gasteiger partial charge is 0.310 e. The fraction of sp³-hybridized carbons (Fsp3) is 0.875. The Morgan fingerprint density at radius 1 is 1.33 bits per heavy atom. The van der Waals surface area contributed by atoms with Gasteiger partial charge in [0.15, 0.2) is 5.17 Å². The van der Waals surface area contributed by atoms with E-state index in [1.54, 1.807) is 11.8 Å². The van der Waals surface area contributed by atoms with E-state index in [0.717, 1.165) is 18.3 Å². The fourth-order valence-corrected chi connectivity index (χ4v) is 3.19. The molecule has 15 heavy (non-hydrogen) atoms. The van der Waals surface area contributed by atoms with Gasteiger partial charge in [0.1, 0.15) is 0 Å². The Labute approximate surface area is 102 Å². The summed E-state index contributed by atoms with van der Waals surface area (Å²) in [4.78, 5) is 2.13. The lowest BCUT2D eigenvalue weighted by Gasteiger charge is -2.23. The summed E-state index contributed by atoms with van der Waals surface area (Å²) in [6, 6.07) is 0. The van der Waals surface area contributed by atoms with E-state index in [4.69, 9.17) is 20.9 Å². The summed E-state index contributed by atoms with van der Waals surface area (Å²) in [5.41, 5.74) is 0. The maximum absolute atomic E-state index is 5.20. The molecule has 0 unspecified atom stereocenters. The second kappa shape index (κ2) is 7.63. The Morgan fingerprint density at radius 3 is 2.07 bits per heavy atom. The van der Waals surface area contributed by atoms with Crippen LogP contribution in [0.15, 0.2) is 4.76 Å². The van der Waals surface area contributed by atoms with Crippen molar-refractivity contribution in [3.8, 4) is 0 Å². The molecule has 0 amide bonds. The van der Waals surface area contributed by atoms with E-state index in [9.17, 15) is 0 Å². The summed E-state index contributed by atoms with van der Waals surface area (Å²) in [5.74, 6) is 0. The molecule has 0 rings (SSSR count). The highest BCUT2D eigenvalue weighted by molar-refractivity contribution is 8.14. The van der Waals surface area contributed by atoms with Gasteiger partial charge in [-0.25, -0.2) is 0 Å². The molecule has 0 aromatic rings. The number of hydrogen-bond acceptors (Lipinski definition) is 4. The maximum Gasteiger partial charge on any atom is 0.310 e. The van der Waals surface area contributed by atoms with Crippen LogP contribution in [0.4, 0.5) is 0 Å². The molecule has 0 radical (unpaired) electrons. The molecule has 0 aliphatic carbocycles. The van der Waals surface area contributed by atoms with E-state index in [1.165, 1.54) is 14.2 Å². The first-order valence-corrected chi connectivity index (χ1v) is 8.49. The van der Waals surface area contributed by atoms with Crippen molar-refractivity contribution >= 4 is 35.4 Å². The molecule has 7 heteroatoms. The molecular formula is C8H19N2O2PS2. The van der Waals surface area contributed by atoms with Gasteiger partial charge in [-0.2, -0.15) is 4.76 Å². The molecule has 0 aliphatic rings. The Morgan fingerprint density at radius 2 is 1.80 bits per heavy atom. The zero-order valence-electron chi connectivity index (χ0n) is 9.89. The summed E-state index contributed by atoms with van der Waals surface area (Å²) in [7, 11) is 3.07. The van der Waals surface area contributed by atoms with E-state index in [1.807, 2.05) is 6.26 Å². The highest BCUT2D eigenvalue weighted by atomic mass is 32.5. The minimum Gasteiger partial charge on any atom is -0.352 e. The maximum atomic E-state index is 5.20. The standard InChI is InChI=1S/C8H19N2O2PS2/c1-6-10(7-2)8(15-5)9-13(14,11-3)12-4/h6-7H2,1-5H3/b9-8-. The number of rotatable bonds is 5. The molecule has 0 bridgehead atoms. The van der Waals surface area contributed by atoms with Crippen LogP contribution in [0, 0.1) is 0 Å². The van der Waals surface area contributed by atoms with Crippen LogP contribution in [0.25, 0.3) is 0 Å². The molecule has 0 heterocycles. The largest absolute Gasteiger partial charge is 0.352 e. The summed E-state index contributed by atoms with van der Waals surface area (Å²) >= 11 is 6.76. The number of amidine groups is 1. The first-order chi connectivity index (χ1) is 7.06. The normalized spacial score (nSPS) is 13.0. The van der Waals surface area contributed by atoms with Crippen molar-refractivity contribution in [2.24, 2.45) is 4.76 Å². The van der Waals surface area contributed by atoms with Crippen molar-refractivity contribution in [2.45, 2.75) is 13.8 Å². The van der Waals surface area contributed by atoms with Crippen LogP contribution in [0.1, 0.15) is 13.8 Å². The molecule has 0 atom stereocenters. The Bertz CT molecular complexity index is 249. The molecule has 4 nitrogen and oxygen atoms in total. The molecule has 0 saturated heterocycles. The van der Waals surface area contributed by atoms with Crippen molar-refractivity contribution < 1.29 is 9.05 Å². The first-order valence-electron chi connectivity index (χ1n) is 4.67. The van der Waals surface area contributed by atoms with Crippen LogP contribution in [0.5, 0.6) is 0 Å². The minimum atomic E-state index is -2.48. The molecule has 0 aromatic carbocycles. The quantitative estimate of drug-likeness (QED) is 0.436. The van der Waals surface area contributed by atoms with Crippen LogP contribution in [-0.4, -0.2) is 43.6 Å². The van der Waals surface area contributed by atoms with Crippen molar-refractivity contribution in [3.63, 3.8) is 0 Å². The predicted molar refractivity (Wildman–Crippen MR) is 72.2 cm³/mol. The summed E-state index contributed by atoms with van der Waals surface area (Å²) in [6.45, 7) is 3.49. The number of hydrogen-bond donors (Lipinski definition) is 0. The lowest BCUT2D eigenvalue weighted by Crippen LogP contribution is -2.28. The highest BCUT2D eigenvalue weighted by Crippen LogP contribution is 2.49. The van der Waals surface area contributed by atoms with E-state index < -0.39 is 6.64 Å². The van der Waals surface area contributed by atoms with E-state index in [0.29, 0.717) is 0 Å². The average molecular weight is 270 g/mol.